The van der Waals surface area contributed by atoms with Crippen molar-refractivity contribution in [1.29, 1.82) is 0 Å². The van der Waals surface area contributed by atoms with Crippen LogP contribution in [0.3, 0.4) is 0 Å². The van der Waals surface area contributed by atoms with Crippen LogP contribution in [0.5, 0.6) is 5.75 Å². The highest BCUT2D eigenvalue weighted by Gasteiger charge is 2.30. The van der Waals surface area contributed by atoms with E-state index in [1.165, 1.54) is 12.1 Å². The minimum atomic E-state index is -4.38. The zero-order valence-electron chi connectivity index (χ0n) is 18.5. The van der Waals surface area contributed by atoms with Gasteiger partial charge in [0.25, 0.3) is 0 Å². The summed E-state index contributed by atoms with van der Waals surface area (Å²) >= 11 is 0. The third-order valence-electron chi connectivity index (χ3n) is 5.58. The molecule has 0 saturated heterocycles. The van der Waals surface area contributed by atoms with E-state index < -0.39 is 17.8 Å². The fraction of sp³-hybridized carbons (Fsp3) is 0.269. The summed E-state index contributed by atoms with van der Waals surface area (Å²) in [5, 5.41) is 5.97. The number of amides is 1. The molecule has 3 aromatic carbocycles. The summed E-state index contributed by atoms with van der Waals surface area (Å²) in [4.78, 5) is 12.4. The number of methoxy groups -OCH3 is 1. The van der Waals surface area contributed by atoms with Gasteiger partial charge in [0.05, 0.1) is 12.7 Å². The lowest BCUT2D eigenvalue weighted by atomic mass is 9.88. The monoisotopic (exact) mass is 456 g/mol. The predicted molar refractivity (Wildman–Crippen MR) is 122 cm³/mol. The summed E-state index contributed by atoms with van der Waals surface area (Å²) in [6, 6.07) is 21.6. The van der Waals surface area contributed by atoms with Crippen molar-refractivity contribution in [3.8, 4) is 5.75 Å². The average molecular weight is 457 g/mol. The molecule has 0 aliphatic carbocycles. The molecule has 0 aliphatic rings. The van der Waals surface area contributed by atoms with Crippen molar-refractivity contribution in [3.05, 3.63) is 101 Å². The van der Waals surface area contributed by atoms with Gasteiger partial charge in [-0.15, -0.1) is 0 Å². The summed E-state index contributed by atoms with van der Waals surface area (Å²) in [7, 11) is 3.16. The summed E-state index contributed by atoms with van der Waals surface area (Å²) in [5.74, 6) is 0.385. The van der Waals surface area contributed by atoms with Gasteiger partial charge in [0.2, 0.25) is 5.91 Å². The van der Waals surface area contributed by atoms with E-state index in [9.17, 15) is 18.0 Å². The lowest BCUT2D eigenvalue weighted by molar-refractivity contribution is -0.137. The lowest BCUT2D eigenvalue weighted by Crippen LogP contribution is -2.36. The molecule has 0 radical (unpaired) electrons. The Morgan fingerprint density at radius 3 is 1.97 bits per heavy atom. The second-order valence-corrected chi connectivity index (χ2v) is 7.65. The number of benzene rings is 3. The highest BCUT2D eigenvalue weighted by atomic mass is 19.4. The number of hydrogen-bond donors (Lipinski definition) is 2. The van der Waals surface area contributed by atoms with Crippen LogP contribution < -0.4 is 15.4 Å². The highest BCUT2D eigenvalue weighted by molar-refractivity contribution is 5.82. The fourth-order valence-electron chi connectivity index (χ4n) is 3.79. The van der Waals surface area contributed by atoms with E-state index in [1.54, 1.807) is 14.2 Å². The zero-order chi connectivity index (χ0) is 23.8. The number of ether oxygens (including phenoxy) is 1. The molecule has 0 bridgehead atoms. The molecule has 0 heterocycles. The van der Waals surface area contributed by atoms with Crippen molar-refractivity contribution in [2.45, 2.75) is 24.6 Å². The first-order chi connectivity index (χ1) is 15.8. The molecule has 0 aliphatic heterocycles. The van der Waals surface area contributed by atoms with Gasteiger partial charge in [0.15, 0.2) is 0 Å². The van der Waals surface area contributed by atoms with Gasteiger partial charge in [-0.3, -0.25) is 4.79 Å². The number of halogens is 3. The van der Waals surface area contributed by atoms with Crippen molar-refractivity contribution in [2.24, 2.45) is 0 Å². The molecule has 0 unspecified atom stereocenters. The SMILES string of the molecule is CNC(=O)[C@H](NCC[C@H](c1ccc(OC)cc1)c1ccc(C(F)(F)F)cc1)c1ccccc1. The van der Waals surface area contributed by atoms with E-state index in [2.05, 4.69) is 10.6 Å². The minimum absolute atomic E-state index is 0.156. The minimum Gasteiger partial charge on any atom is -0.497 e. The van der Waals surface area contributed by atoms with Crippen LogP contribution >= 0.6 is 0 Å². The Kier molecular flexibility index (Phi) is 8.11. The molecule has 0 saturated carbocycles. The molecule has 1 amide bonds. The summed E-state index contributed by atoms with van der Waals surface area (Å²) in [5.41, 5.74) is 1.88. The maximum absolute atomic E-state index is 13.0. The van der Waals surface area contributed by atoms with Gasteiger partial charge in [-0.25, -0.2) is 0 Å². The Bertz CT molecular complexity index is 1020. The molecular formula is C26H27F3N2O2. The smallest absolute Gasteiger partial charge is 0.416 e. The van der Waals surface area contributed by atoms with Crippen LogP contribution in [-0.2, 0) is 11.0 Å². The Balaban J connectivity index is 1.82. The number of nitrogens with one attached hydrogen (secondary N) is 2. The topological polar surface area (TPSA) is 50.4 Å². The first-order valence-electron chi connectivity index (χ1n) is 10.6. The van der Waals surface area contributed by atoms with Crippen molar-refractivity contribution in [2.75, 3.05) is 20.7 Å². The third kappa shape index (κ3) is 6.35. The van der Waals surface area contributed by atoms with E-state index in [0.29, 0.717) is 18.7 Å². The maximum atomic E-state index is 13.0. The van der Waals surface area contributed by atoms with E-state index in [0.717, 1.165) is 28.8 Å². The van der Waals surface area contributed by atoms with Crippen LogP contribution in [0.2, 0.25) is 0 Å². The van der Waals surface area contributed by atoms with E-state index >= 15 is 0 Å². The first-order valence-corrected chi connectivity index (χ1v) is 10.6. The second-order valence-electron chi connectivity index (χ2n) is 7.65. The molecule has 3 aromatic rings. The Morgan fingerprint density at radius 2 is 1.45 bits per heavy atom. The number of likely N-dealkylation sites (N-methyl/N-ethyl adjacent to an activating group) is 1. The second kappa shape index (κ2) is 11.0. The molecule has 2 atom stereocenters. The van der Waals surface area contributed by atoms with Crippen LogP contribution in [0.25, 0.3) is 0 Å². The predicted octanol–water partition coefficient (Wildman–Crippen LogP) is 5.31. The van der Waals surface area contributed by atoms with Gasteiger partial charge in [-0.2, -0.15) is 13.2 Å². The molecule has 3 rings (SSSR count). The van der Waals surface area contributed by atoms with E-state index in [-0.39, 0.29) is 11.8 Å². The molecule has 174 valence electrons. The van der Waals surface area contributed by atoms with E-state index in [1.807, 2.05) is 54.6 Å². The van der Waals surface area contributed by atoms with Gasteiger partial charge in [-0.05, 0) is 53.9 Å². The highest BCUT2D eigenvalue weighted by Crippen LogP contribution is 2.33. The van der Waals surface area contributed by atoms with Crippen LogP contribution in [-0.4, -0.2) is 26.6 Å². The standard InChI is InChI=1S/C26H27F3N2O2/c1-30-25(32)24(20-6-4-3-5-7-20)31-17-16-23(19-10-14-22(33-2)15-11-19)18-8-12-21(13-9-18)26(27,28)29/h3-15,23-24,31H,16-17H2,1-2H3,(H,30,32)/t23-,24+/m0/s1. The van der Waals surface area contributed by atoms with Gasteiger partial charge < -0.3 is 15.4 Å². The molecule has 0 spiro atoms. The number of carbonyl (C=O) groups excluding carboxylic acids is 1. The summed E-state index contributed by atoms with van der Waals surface area (Å²) in [6.45, 7) is 0.477. The van der Waals surface area contributed by atoms with Crippen molar-refractivity contribution < 1.29 is 22.7 Å². The Morgan fingerprint density at radius 1 is 0.879 bits per heavy atom. The van der Waals surface area contributed by atoms with Crippen molar-refractivity contribution in [3.63, 3.8) is 0 Å². The average Bonchev–Trinajstić information content (AvgIpc) is 2.84. The molecule has 4 nitrogen and oxygen atoms in total. The molecule has 0 aromatic heterocycles. The molecular weight excluding hydrogens is 429 g/mol. The van der Waals surface area contributed by atoms with Crippen molar-refractivity contribution in [1.82, 2.24) is 10.6 Å². The Labute approximate surface area is 191 Å². The number of alkyl halides is 3. The van der Waals surface area contributed by atoms with Gasteiger partial charge in [0.1, 0.15) is 11.8 Å². The first kappa shape index (κ1) is 24.3. The van der Waals surface area contributed by atoms with Crippen LogP contribution in [0.15, 0.2) is 78.9 Å². The van der Waals surface area contributed by atoms with Crippen molar-refractivity contribution >= 4 is 5.91 Å². The number of hydrogen-bond acceptors (Lipinski definition) is 3. The maximum Gasteiger partial charge on any atom is 0.416 e. The molecule has 7 heteroatoms. The normalized spacial score (nSPS) is 13.2. The largest absolute Gasteiger partial charge is 0.497 e. The fourth-order valence-corrected chi connectivity index (χ4v) is 3.79. The zero-order valence-corrected chi connectivity index (χ0v) is 18.5. The van der Waals surface area contributed by atoms with E-state index in [4.69, 9.17) is 4.74 Å². The third-order valence-corrected chi connectivity index (χ3v) is 5.58. The Hall–Kier alpha value is -3.32. The van der Waals surface area contributed by atoms with Gasteiger partial charge in [-0.1, -0.05) is 54.6 Å². The summed E-state index contributed by atoms with van der Waals surface area (Å²) in [6.07, 6.45) is -3.80. The molecule has 0 fully saturated rings. The molecule has 2 N–H and O–H groups in total. The number of carbonyl (C=O) groups is 1. The summed E-state index contributed by atoms with van der Waals surface area (Å²) < 4.78 is 44.3. The number of rotatable bonds is 9. The van der Waals surface area contributed by atoms with Gasteiger partial charge in [0, 0.05) is 13.0 Å². The quantitative estimate of drug-likeness (QED) is 0.459. The van der Waals surface area contributed by atoms with Gasteiger partial charge >= 0.3 is 6.18 Å². The van der Waals surface area contributed by atoms with Crippen LogP contribution in [0, 0.1) is 0 Å². The molecule has 33 heavy (non-hydrogen) atoms. The van der Waals surface area contributed by atoms with Crippen LogP contribution in [0.1, 0.15) is 40.6 Å². The lowest BCUT2D eigenvalue weighted by Gasteiger charge is -2.22. The van der Waals surface area contributed by atoms with Crippen LogP contribution in [0.4, 0.5) is 13.2 Å².